The van der Waals surface area contributed by atoms with Gasteiger partial charge >= 0.3 is 0 Å². The molecule has 1 aliphatic rings. The van der Waals surface area contributed by atoms with E-state index in [-0.39, 0.29) is 5.75 Å². The molecule has 0 spiro atoms. The molecule has 3 rings (SSSR count). The highest BCUT2D eigenvalue weighted by atomic mass is 16.3. The molecule has 90 valence electrons. The number of aromatic nitrogens is 3. The molecule has 1 unspecified atom stereocenters. The number of pyridine rings is 1. The van der Waals surface area contributed by atoms with Gasteiger partial charge in [-0.15, -0.1) is 10.2 Å². The van der Waals surface area contributed by atoms with Crippen LogP contribution in [-0.2, 0) is 6.42 Å². The maximum Gasteiger partial charge on any atom is 0.161 e. The zero-order chi connectivity index (χ0) is 11.7. The first-order chi connectivity index (χ1) is 8.33. The summed E-state index contributed by atoms with van der Waals surface area (Å²) >= 11 is 0. The largest absolute Gasteiger partial charge is 0.506 e. The van der Waals surface area contributed by atoms with Gasteiger partial charge < -0.3 is 10.4 Å². The second-order valence-corrected chi connectivity index (χ2v) is 4.58. The number of aromatic hydroxyl groups is 1. The predicted octanol–water partition coefficient (Wildman–Crippen LogP) is 1.12. The van der Waals surface area contributed by atoms with Crippen molar-refractivity contribution in [2.75, 3.05) is 6.54 Å². The molecule has 17 heavy (non-hydrogen) atoms. The van der Waals surface area contributed by atoms with Crippen molar-refractivity contribution in [1.82, 2.24) is 19.9 Å². The van der Waals surface area contributed by atoms with Crippen LogP contribution in [0.1, 0.15) is 25.1 Å². The normalized spacial score (nSPS) is 20.8. The lowest BCUT2D eigenvalue weighted by molar-refractivity contribution is 0.393. The molecule has 0 saturated carbocycles. The molecule has 2 N–H and O–H groups in total. The van der Waals surface area contributed by atoms with Gasteiger partial charge in [0.15, 0.2) is 5.65 Å². The first-order valence-corrected chi connectivity index (χ1v) is 6.09. The summed E-state index contributed by atoms with van der Waals surface area (Å²) < 4.78 is 1.87. The topological polar surface area (TPSA) is 62.5 Å². The van der Waals surface area contributed by atoms with Crippen LogP contribution in [0.3, 0.4) is 0 Å². The first kappa shape index (κ1) is 10.5. The van der Waals surface area contributed by atoms with Gasteiger partial charge in [0.2, 0.25) is 0 Å². The molecule has 1 fully saturated rings. The van der Waals surface area contributed by atoms with Crippen LogP contribution in [-0.4, -0.2) is 32.3 Å². The van der Waals surface area contributed by atoms with Crippen molar-refractivity contribution in [2.45, 2.75) is 31.7 Å². The number of nitrogens with one attached hydrogen (secondary N) is 1. The van der Waals surface area contributed by atoms with E-state index in [1.807, 2.05) is 4.40 Å². The Hall–Kier alpha value is -1.62. The summed E-state index contributed by atoms with van der Waals surface area (Å²) in [7, 11) is 0. The van der Waals surface area contributed by atoms with Crippen molar-refractivity contribution >= 4 is 5.65 Å². The van der Waals surface area contributed by atoms with E-state index in [4.69, 9.17) is 0 Å². The van der Waals surface area contributed by atoms with Gasteiger partial charge in [0.25, 0.3) is 0 Å². The first-order valence-electron chi connectivity index (χ1n) is 6.09. The van der Waals surface area contributed by atoms with Crippen LogP contribution in [0.15, 0.2) is 18.3 Å². The summed E-state index contributed by atoms with van der Waals surface area (Å²) in [4.78, 5) is 0. The zero-order valence-corrected chi connectivity index (χ0v) is 9.63. The van der Waals surface area contributed by atoms with E-state index in [0.29, 0.717) is 6.04 Å². The molecule has 1 saturated heterocycles. The second kappa shape index (κ2) is 4.33. The molecule has 0 aliphatic carbocycles. The highest BCUT2D eigenvalue weighted by Crippen LogP contribution is 2.15. The molecule has 2 aromatic rings. The SMILES string of the molecule is Oc1ccc2nnc(CC3CCCCN3)n2c1. The van der Waals surface area contributed by atoms with Gasteiger partial charge in [0.05, 0.1) is 6.20 Å². The molecule has 1 aliphatic heterocycles. The Morgan fingerprint density at radius 1 is 1.35 bits per heavy atom. The summed E-state index contributed by atoms with van der Waals surface area (Å²) in [6, 6.07) is 3.89. The average Bonchev–Trinajstić information content (AvgIpc) is 2.73. The third-order valence-corrected chi connectivity index (χ3v) is 3.30. The van der Waals surface area contributed by atoms with E-state index in [2.05, 4.69) is 15.5 Å². The standard InChI is InChI=1S/C12H16N4O/c17-10-4-5-11-14-15-12(16(11)8-10)7-9-3-1-2-6-13-9/h4-5,8-9,13,17H,1-3,6-7H2. The minimum atomic E-state index is 0.246. The highest BCUT2D eigenvalue weighted by molar-refractivity contribution is 5.41. The van der Waals surface area contributed by atoms with Gasteiger partial charge in [-0.1, -0.05) is 6.42 Å². The Morgan fingerprint density at radius 2 is 2.29 bits per heavy atom. The quantitative estimate of drug-likeness (QED) is 0.814. The van der Waals surface area contributed by atoms with Crippen molar-refractivity contribution in [2.24, 2.45) is 0 Å². The van der Waals surface area contributed by atoms with E-state index in [1.165, 1.54) is 19.3 Å². The number of hydrogen-bond acceptors (Lipinski definition) is 4. The maximum absolute atomic E-state index is 9.49. The number of rotatable bonds is 2. The molecule has 0 amide bonds. The van der Waals surface area contributed by atoms with E-state index < -0.39 is 0 Å². The van der Waals surface area contributed by atoms with Gasteiger partial charge in [-0.05, 0) is 31.5 Å². The second-order valence-electron chi connectivity index (χ2n) is 4.58. The highest BCUT2D eigenvalue weighted by Gasteiger charge is 2.16. The lowest BCUT2D eigenvalue weighted by Crippen LogP contribution is -2.36. The van der Waals surface area contributed by atoms with Crippen molar-refractivity contribution in [3.05, 3.63) is 24.2 Å². The average molecular weight is 232 g/mol. The van der Waals surface area contributed by atoms with Crippen LogP contribution in [0, 0.1) is 0 Å². The Bertz CT molecular complexity index is 516. The Kier molecular flexibility index (Phi) is 2.68. The maximum atomic E-state index is 9.49. The van der Waals surface area contributed by atoms with Crippen molar-refractivity contribution in [3.63, 3.8) is 0 Å². The van der Waals surface area contributed by atoms with E-state index in [9.17, 15) is 5.11 Å². The number of nitrogens with zero attached hydrogens (tertiary/aromatic N) is 3. The fraction of sp³-hybridized carbons (Fsp3) is 0.500. The Labute approximate surface area is 99.5 Å². The number of fused-ring (bicyclic) bond motifs is 1. The summed E-state index contributed by atoms with van der Waals surface area (Å²) in [5.74, 6) is 1.16. The fourth-order valence-corrected chi connectivity index (χ4v) is 2.38. The van der Waals surface area contributed by atoms with Gasteiger partial charge in [-0.3, -0.25) is 4.40 Å². The lowest BCUT2D eigenvalue weighted by Gasteiger charge is -2.22. The molecule has 1 atom stereocenters. The van der Waals surface area contributed by atoms with Gasteiger partial charge in [0, 0.05) is 12.5 Å². The molecule has 3 heterocycles. The van der Waals surface area contributed by atoms with Crippen molar-refractivity contribution in [3.8, 4) is 5.75 Å². The van der Waals surface area contributed by atoms with Gasteiger partial charge in [-0.2, -0.15) is 0 Å². The molecule has 0 radical (unpaired) electrons. The third-order valence-electron chi connectivity index (χ3n) is 3.30. The minimum absolute atomic E-state index is 0.246. The van der Waals surface area contributed by atoms with E-state index >= 15 is 0 Å². The summed E-state index contributed by atoms with van der Waals surface area (Å²) in [5, 5.41) is 21.3. The zero-order valence-electron chi connectivity index (χ0n) is 9.63. The molecule has 0 bridgehead atoms. The fourth-order valence-electron chi connectivity index (χ4n) is 2.38. The van der Waals surface area contributed by atoms with Crippen LogP contribution < -0.4 is 5.32 Å². The molecule has 2 aromatic heterocycles. The van der Waals surface area contributed by atoms with Crippen LogP contribution in [0.25, 0.3) is 5.65 Å². The van der Waals surface area contributed by atoms with Crippen LogP contribution in [0.4, 0.5) is 0 Å². The van der Waals surface area contributed by atoms with Crippen molar-refractivity contribution < 1.29 is 5.11 Å². The lowest BCUT2D eigenvalue weighted by atomic mass is 10.0. The third kappa shape index (κ3) is 2.10. The molecular weight excluding hydrogens is 216 g/mol. The van der Waals surface area contributed by atoms with Crippen LogP contribution in [0.2, 0.25) is 0 Å². The van der Waals surface area contributed by atoms with Crippen LogP contribution in [0.5, 0.6) is 5.75 Å². The molecule has 5 heteroatoms. The number of piperidine rings is 1. The Balaban J connectivity index is 1.86. The van der Waals surface area contributed by atoms with Crippen molar-refractivity contribution in [1.29, 1.82) is 0 Å². The van der Waals surface area contributed by atoms with E-state index in [1.54, 1.807) is 18.3 Å². The smallest absolute Gasteiger partial charge is 0.161 e. The Morgan fingerprint density at radius 3 is 3.12 bits per heavy atom. The summed E-state index contributed by atoms with van der Waals surface area (Å²) in [6.45, 7) is 1.09. The van der Waals surface area contributed by atoms with E-state index in [0.717, 1.165) is 24.4 Å². The molecular formula is C12H16N4O. The molecule has 5 nitrogen and oxygen atoms in total. The molecule has 0 aromatic carbocycles. The summed E-state index contributed by atoms with van der Waals surface area (Å²) in [6.07, 6.45) is 6.27. The minimum Gasteiger partial charge on any atom is -0.506 e. The number of hydrogen-bond donors (Lipinski definition) is 2. The van der Waals surface area contributed by atoms with Gasteiger partial charge in [-0.25, -0.2) is 0 Å². The summed E-state index contributed by atoms with van der Waals surface area (Å²) in [5.41, 5.74) is 0.786. The van der Waals surface area contributed by atoms with Crippen LogP contribution >= 0.6 is 0 Å². The monoisotopic (exact) mass is 232 g/mol. The van der Waals surface area contributed by atoms with Gasteiger partial charge in [0.1, 0.15) is 11.6 Å². The predicted molar refractivity (Wildman–Crippen MR) is 64.0 cm³/mol.